The first kappa shape index (κ1) is 25.4. The molecule has 3 rings (SSSR count). The van der Waals surface area contributed by atoms with E-state index in [2.05, 4.69) is 20.6 Å². The molecule has 1 fully saturated rings. The van der Waals surface area contributed by atoms with Crippen molar-refractivity contribution in [2.75, 3.05) is 46.4 Å². The van der Waals surface area contributed by atoms with Crippen LogP contribution in [0.3, 0.4) is 0 Å². The number of morpholine rings is 1. The number of ether oxygens (including phenoxy) is 1. The predicted octanol–water partition coefficient (Wildman–Crippen LogP) is 2.70. The first-order valence-corrected chi connectivity index (χ1v) is 10.5. The molecule has 31 heavy (non-hydrogen) atoms. The molecule has 2 N–H and O–H groups in total. The Hall–Kier alpha value is -1.91. The van der Waals surface area contributed by atoms with Gasteiger partial charge in [0.2, 0.25) is 5.91 Å². The van der Waals surface area contributed by atoms with Crippen molar-refractivity contribution in [2.24, 2.45) is 4.99 Å². The fraction of sp³-hybridized carbons (Fsp3) is 0.409. The van der Waals surface area contributed by atoms with E-state index in [1.165, 1.54) is 0 Å². The van der Waals surface area contributed by atoms with Gasteiger partial charge in [0.25, 0.3) is 0 Å². The van der Waals surface area contributed by atoms with E-state index in [0.29, 0.717) is 50.5 Å². The van der Waals surface area contributed by atoms with Crippen molar-refractivity contribution in [1.29, 1.82) is 0 Å². The Labute approximate surface area is 205 Å². The van der Waals surface area contributed by atoms with Gasteiger partial charge in [0.1, 0.15) is 5.15 Å². The maximum atomic E-state index is 13.2. The summed E-state index contributed by atoms with van der Waals surface area (Å²) in [6.07, 6.45) is 2.56. The molecular weight excluding hydrogens is 529 g/mol. The minimum absolute atomic E-state index is 0. The highest BCUT2D eigenvalue weighted by atomic mass is 127. The monoisotopic (exact) mass is 557 g/mol. The first-order valence-electron chi connectivity index (χ1n) is 10.1. The lowest BCUT2D eigenvalue weighted by Gasteiger charge is -2.31. The predicted molar refractivity (Wildman–Crippen MR) is 134 cm³/mol. The van der Waals surface area contributed by atoms with Gasteiger partial charge in [0, 0.05) is 39.4 Å². The molecule has 1 aromatic carbocycles. The number of benzene rings is 1. The Morgan fingerprint density at radius 2 is 1.94 bits per heavy atom. The standard InChI is InChI=1S/C22H28ClN5O2.HI/c1-24-22(25-10-9-17-7-8-20(23)26-15-17)27-16-19(18-5-3-2-4-6-18)21(29)28-11-13-30-14-12-28;/h2-8,15,19H,9-14,16H2,1H3,(H2,24,25,27);1H. The highest BCUT2D eigenvalue weighted by molar-refractivity contribution is 14.0. The summed E-state index contributed by atoms with van der Waals surface area (Å²) in [6.45, 7) is 3.58. The number of amides is 1. The summed E-state index contributed by atoms with van der Waals surface area (Å²) in [5.41, 5.74) is 2.08. The molecule has 0 bridgehead atoms. The first-order chi connectivity index (χ1) is 14.7. The largest absolute Gasteiger partial charge is 0.378 e. The molecule has 9 heteroatoms. The molecule has 1 aromatic heterocycles. The van der Waals surface area contributed by atoms with Gasteiger partial charge in [0.15, 0.2) is 5.96 Å². The Kier molecular flexibility index (Phi) is 11.0. The van der Waals surface area contributed by atoms with Crippen molar-refractivity contribution < 1.29 is 9.53 Å². The van der Waals surface area contributed by atoms with Crippen LogP contribution in [0.1, 0.15) is 17.0 Å². The van der Waals surface area contributed by atoms with E-state index in [1.807, 2.05) is 41.3 Å². The quantitative estimate of drug-likeness (QED) is 0.237. The second-order valence-electron chi connectivity index (χ2n) is 7.02. The molecule has 1 aliphatic heterocycles. The van der Waals surface area contributed by atoms with Crippen molar-refractivity contribution in [3.63, 3.8) is 0 Å². The van der Waals surface area contributed by atoms with Crippen LogP contribution >= 0.6 is 35.6 Å². The second-order valence-corrected chi connectivity index (χ2v) is 7.41. The van der Waals surface area contributed by atoms with E-state index in [1.54, 1.807) is 19.3 Å². The normalized spacial score (nSPS) is 15.0. The maximum Gasteiger partial charge on any atom is 0.232 e. The van der Waals surface area contributed by atoms with Gasteiger partial charge in [-0.2, -0.15) is 0 Å². The van der Waals surface area contributed by atoms with Gasteiger partial charge < -0.3 is 20.3 Å². The van der Waals surface area contributed by atoms with Gasteiger partial charge in [-0.15, -0.1) is 24.0 Å². The van der Waals surface area contributed by atoms with Crippen molar-refractivity contribution in [3.05, 3.63) is 64.9 Å². The molecule has 1 aliphatic rings. The third-order valence-electron chi connectivity index (χ3n) is 5.01. The lowest BCUT2D eigenvalue weighted by molar-refractivity contribution is -0.136. The number of rotatable bonds is 7. The third-order valence-corrected chi connectivity index (χ3v) is 5.24. The van der Waals surface area contributed by atoms with Gasteiger partial charge in [-0.25, -0.2) is 4.98 Å². The van der Waals surface area contributed by atoms with Crippen LogP contribution in [0, 0.1) is 0 Å². The number of hydrogen-bond donors (Lipinski definition) is 2. The summed E-state index contributed by atoms with van der Waals surface area (Å²) < 4.78 is 5.39. The van der Waals surface area contributed by atoms with Crippen LogP contribution in [0.4, 0.5) is 0 Å². The molecule has 0 aliphatic carbocycles. The zero-order chi connectivity index (χ0) is 21.2. The van der Waals surface area contributed by atoms with Gasteiger partial charge in [-0.05, 0) is 23.6 Å². The van der Waals surface area contributed by atoms with E-state index in [9.17, 15) is 4.79 Å². The fourth-order valence-corrected chi connectivity index (χ4v) is 3.45. The van der Waals surface area contributed by atoms with Crippen molar-refractivity contribution >= 4 is 47.4 Å². The van der Waals surface area contributed by atoms with Crippen LogP contribution in [0.15, 0.2) is 53.7 Å². The molecule has 0 saturated carbocycles. The van der Waals surface area contributed by atoms with Gasteiger partial charge >= 0.3 is 0 Å². The van der Waals surface area contributed by atoms with E-state index in [-0.39, 0.29) is 35.8 Å². The van der Waals surface area contributed by atoms with Crippen LogP contribution in [-0.2, 0) is 16.0 Å². The Morgan fingerprint density at radius 1 is 1.19 bits per heavy atom. The van der Waals surface area contributed by atoms with Gasteiger partial charge in [-0.3, -0.25) is 9.79 Å². The van der Waals surface area contributed by atoms with Crippen LogP contribution in [0.2, 0.25) is 5.15 Å². The van der Waals surface area contributed by atoms with Gasteiger partial charge in [0.05, 0.1) is 19.1 Å². The molecule has 7 nitrogen and oxygen atoms in total. The highest BCUT2D eigenvalue weighted by Crippen LogP contribution is 2.18. The molecular formula is C22H29ClIN5O2. The van der Waals surface area contributed by atoms with Crippen LogP contribution in [0.5, 0.6) is 0 Å². The fourth-order valence-electron chi connectivity index (χ4n) is 3.34. The molecule has 168 valence electrons. The number of guanidine groups is 1. The van der Waals surface area contributed by atoms with E-state index < -0.39 is 0 Å². The van der Waals surface area contributed by atoms with E-state index in [4.69, 9.17) is 16.3 Å². The molecule has 1 amide bonds. The van der Waals surface area contributed by atoms with E-state index >= 15 is 0 Å². The topological polar surface area (TPSA) is 78.8 Å². The molecule has 2 aromatic rings. The number of nitrogens with one attached hydrogen (secondary N) is 2. The van der Waals surface area contributed by atoms with E-state index in [0.717, 1.165) is 17.5 Å². The van der Waals surface area contributed by atoms with Crippen molar-refractivity contribution in [2.45, 2.75) is 12.3 Å². The minimum Gasteiger partial charge on any atom is -0.378 e. The zero-order valence-corrected chi connectivity index (χ0v) is 20.7. The summed E-state index contributed by atoms with van der Waals surface area (Å²) in [4.78, 5) is 23.4. The van der Waals surface area contributed by atoms with Gasteiger partial charge in [-0.1, -0.05) is 48.0 Å². The summed E-state index contributed by atoms with van der Waals surface area (Å²) >= 11 is 5.83. The number of aromatic nitrogens is 1. The lowest BCUT2D eigenvalue weighted by atomic mass is 9.97. The average Bonchev–Trinajstić information content (AvgIpc) is 2.80. The number of aliphatic imine (C=N–C) groups is 1. The number of hydrogen-bond acceptors (Lipinski definition) is 4. The Balaban J connectivity index is 0.00000341. The lowest BCUT2D eigenvalue weighted by Crippen LogP contribution is -2.47. The zero-order valence-electron chi connectivity index (χ0n) is 17.6. The Bertz CT molecular complexity index is 830. The summed E-state index contributed by atoms with van der Waals surface area (Å²) in [5.74, 6) is 0.482. The molecule has 0 radical (unpaired) electrons. The SMILES string of the molecule is CN=C(NCCc1ccc(Cl)nc1)NCC(C(=O)N1CCOCC1)c1ccccc1.I. The molecule has 1 saturated heterocycles. The maximum absolute atomic E-state index is 13.2. The van der Waals surface area contributed by atoms with Crippen molar-refractivity contribution in [1.82, 2.24) is 20.5 Å². The number of nitrogens with zero attached hydrogens (tertiary/aromatic N) is 3. The smallest absolute Gasteiger partial charge is 0.232 e. The number of pyridine rings is 1. The molecule has 0 spiro atoms. The van der Waals surface area contributed by atoms with Crippen LogP contribution in [0.25, 0.3) is 0 Å². The highest BCUT2D eigenvalue weighted by Gasteiger charge is 2.27. The molecule has 1 atom stereocenters. The van der Waals surface area contributed by atoms with Crippen LogP contribution in [-0.4, -0.2) is 68.2 Å². The second kappa shape index (κ2) is 13.5. The van der Waals surface area contributed by atoms with Crippen LogP contribution < -0.4 is 10.6 Å². The average molecular weight is 558 g/mol. The summed E-state index contributed by atoms with van der Waals surface area (Å²) in [5, 5.41) is 7.08. The number of carbonyl (C=O) groups is 1. The Morgan fingerprint density at radius 3 is 2.58 bits per heavy atom. The molecule has 1 unspecified atom stereocenters. The molecule has 2 heterocycles. The number of halogens is 2. The minimum atomic E-state index is -0.289. The van der Waals surface area contributed by atoms with Crippen molar-refractivity contribution in [3.8, 4) is 0 Å². The summed E-state index contributed by atoms with van der Waals surface area (Å²) in [6, 6.07) is 13.6. The third kappa shape index (κ3) is 7.93. The summed E-state index contributed by atoms with van der Waals surface area (Å²) in [7, 11) is 1.72. The number of carbonyl (C=O) groups excluding carboxylic acids is 1.